The lowest BCUT2D eigenvalue weighted by atomic mass is 10.2. The summed E-state index contributed by atoms with van der Waals surface area (Å²) in [5.74, 6) is 0. The summed E-state index contributed by atoms with van der Waals surface area (Å²) in [7, 11) is 0. The van der Waals surface area contributed by atoms with Gasteiger partial charge in [0.25, 0.3) is 0 Å². The highest BCUT2D eigenvalue weighted by Crippen LogP contribution is 2.30. The smallest absolute Gasteiger partial charge is 0.416 e. The first-order valence-electron chi connectivity index (χ1n) is 7.68. The van der Waals surface area contributed by atoms with E-state index in [2.05, 4.69) is 5.32 Å². The van der Waals surface area contributed by atoms with E-state index < -0.39 is 17.8 Å². The Bertz CT molecular complexity index is 809. The standard InChI is InChI=1S/C18H15F3N2O2S/c19-18(20,21)14-3-1-4-15(9-14)22-17(24)23(10-13-6-7-25-12-13)11-16-5-2-8-26-16/h1-9,12H,10-11H2,(H,22,24). The number of benzene rings is 1. The summed E-state index contributed by atoms with van der Waals surface area (Å²) in [6.07, 6.45) is -1.43. The van der Waals surface area contributed by atoms with Gasteiger partial charge in [-0.05, 0) is 35.7 Å². The number of carbonyl (C=O) groups is 1. The minimum Gasteiger partial charge on any atom is -0.472 e. The fraction of sp³-hybridized carbons (Fsp3) is 0.167. The Kier molecular flexibility index (Phi) is 5.32. The van der Waals surface area contributed by atoms with E-state index in [0.717, 1.165) is 22.6 Å². The average Bonchev–Trinajstić information content (AvgIpc) is 3.27. The second kappa shape index (κ2) is 7.65. The van der Waals surface area contributed by atoms with Gasteiger partial charge in [-0.2, -0.15) is 13.2 Å². The second-order valence-corrected chi connectivity index (χ2v) is 6.61. The number of furan rings is 1. The van der Waals surface area contributed by atoms with Gasteiger partial charge >= 0.3 is 12.2 Å². The molecule has 0 spiro atoms. The first kappa shape index (κ1) is 18.1. The van der Waals surface area contributed by atoms with E-state index in [4.69, 9.17) is 4.42 Å². The van der Waals surface area contributed by atoms with Crippen molar-refractivity contribution in [2.75, 3.05) is 5.32 Å². The number of hydrogen-bond donors (Lipinski definition) is 1. The summed E-state index contributed by atoms with van der Waals surface area (Å²) in [5, 5.41) is 4.44. The molecule has 0 saturated heterocycles. The van der Waals surface area contributed by atoms with E-state index in [0.29, 0.717) is 6.54 Å². The molecule has 1 aromatic carbocycles. The normalized spacial score (nSPS) is 11.3. The minimum atomic E-state index is -4.46. The van der Waals surface area contributed by atoms with E-state index in [1.54, 1.807) is 6.07 Å². The van der Waals surface area contributed by atoms with Crippen LogP contribution in [0.3, 0.4) is 0 Å². The van der Waals surface area contributed by atoms with Gasteiger partial charge in [0.2, 0.25) is 0 Å². The van der Waals surface area contributed by atoms with Crippen molar-refractivity contribution < 1.29 is 22.4 Å². The third kappa shape index (κ3) is 4.66. The van der Waals surface area contributed by atoms with Crippen molar-refractivity contribution >= 4 is 23.1 Å². The van der Waals surface area contributed by atoms with Gasteiger partial charge in [0, 0.05) is 16.1 Å². The quantitative estimate of drug-likeness (QED) is 0.627. The van der Waals surface area contributed by atoms with Crippen molar-refractivity contribution in [1.82, 2.24) is 4.90 Å². The molecular formula is C18H15F3N2O2S. The lowest BCUT2D eigenvalue weighted by Gasteiger charge is -2.22. The van der Waals surface area contributed by atoms with Crippen LogP contribution in [0.1, 0.15) is 16.0 Å². The molecule has 8 heteroatoms. The van der Waals surface area contributed by atoms with Crippen LogP contribution in [-0.2, 0) is 19.3 Å². The summed E-state index contributed by atoms with van der Waals surface area (Å²) in [5.41, 5.74) is 0.0730. The number of halogens is 3. The number of nitrogens with one attached hydrogen (secondary N) is 1. The lowest BCUT2D eigenvalue weighted by molar-refractivity contribution is -0.137. The number of nitrogens with zero attached hydrogens (tertiary/aromatic N) is 1. The Labute approximate surface area is 151 Å². The number of thiophene rings is 1. The minimum absolute atomic E-state index is 0.0909. The predicted molar refractivity (Wildman–Crippen MR) is 92.7 cm³/mol. The van der Waals surface area contributed by atoms with Crippen LogP contribution < -0.4 is 5.32 Å². The molecule has 26 heavy (non-hydrogen) atoms. The zero-order valence-corrected chi connectivity index (χ0v) is 14.3. The predicted octanol–water partition coefficient (Wildman–Crippen LogP) is 5.59. The Morgan fingerprint density at radius 3 is 2.65 bits per heavy atom. The van der Waals surface area contributed by atoms with Crippen LogP contribution >= 0.6 is 11.3 Å². The van der Waals surface area contributed by atoms with Crippen molar-refractivity contribution in [3.8, 4) is 0 Å². The number of urea groups is 1. The maximum Gasteiger partial charge on any atom is 0.416 e. The van der Waals surface area contributed by atoms with Crippen LogP contribution in [-0.4, -0.2) is 10.9 Å². The Hall–Kier alpha value is -2.74. The van der Waals surface area contributed by atoms with Crippen molar-refractivity contribution in [2.24, 2.45) is 0 Å². The molecule has 2 amide bonds. The van der Waals surface area contributed by atoms with Gasteiger partial charge < -0.3 is 14.6 Å². The van der Waals surface area contributed by atoms with Crippen LogP contribution in [0.4, 0.5) is 23.7 Å². The number of anilines is 1. The zero-order valence-electron chi connectivity index (χ0n) is 13.5. The molecule has 0 atom stereocenters. The molecule has 0 aliphatic rings. The molecule has 0 saturated carbocycles. The molecule has 0 aliphatic carbocycles. The Balaban J connectivity index is 1.76. The molecule has 3 rings (SSSR count). The van der Waals surface area contributed by atoms with Gasteiger partial charge in [-0.1, -0.05) is 12.1 Å². The van der Waals surface area contributed by atoms with Crippen LogP contribution in [0.15, 0.2) is 64.8 Å². The largest absolute Gasteiger partial charge is 0.472 e. The highest BCUT2D eigenvalue weighted by molar-refractivity contribution is 7.09. The van der Waals surface area contributed by atoms with E-state index in [1.807, 2.05) is 17.5 Å². The maximum absolute atomic E-state index is 12.8. The van der Waals surface area contributed by atoms with Gasteiger partial charge in [0.05, 0.1) is 31.2 Å². The van der Waals surface area contributed by atoms with E-state index >= 15 is 0 Å². The van der Waals surface area contributed by atoms with Crippen molar-refractivity contribution in [3.05, 3.63) is 76.4 Å². The molecule has 0 unspecified atom stereocenters. The lowest BCUT2D eigenvalue weighted by Crippen LogP contribution is -2.33. The van der Waals surface area contributed by atoms with Gasteiger partial charge in [-0.3, -0.25) is 0 Å². The molecule has 3 aromatic rings. The van der Waals surface area contributed by atoms with Gasteiger partial charge in [0.1, 0.15) is 0 Å². The van der Waals surface area contributed by atoms with Crippen LogP contribution in [0.5, 0.6) is 0 Å². The number of rotatable bonds is 5. The summed E-state index contributed by atoms with van der Waals surface area (Å²) in [6, 6.07) is 9.58. The first-order valence-corrected chi connectivity index (χ1v) is 8.56. The fourth-order valence-corrected chi connectivity index (χ4v) is 3.09. The summed E-state index contributed by atoms with van der Waals surface area (Å²) >= 11 is 1.50. The average molecular weight is 380 g/mol. The number of alkyl halides is 3. The molecule has 0 fully saturated rings. The molecule has 0 bridgehead atoms. The van der Waals surface area contributed by atoms with E-state index in [1.165, 1.54) is 40.9 Å². The van der Waals surface area contributed by atoms with Crippen molar-refractivity contribution in [1.29, 1.82) is 0 Å². The Morgan fingerprint density at radius 1 is 1.15 bits per heavy atom. The molecule has 136 valence electrons. The van der Waals surface area contributed by atoms with Crippen molar-refractivity contribution in [3.63, 3.8) is 0 Å². The van der Waals surface area contributed by atoms with Crippen molar-refractivity contribution in [2.45, 2.75) is 19.3 Å². The number of hydrogen-bond acceptors (Lipinski definition) is 3. The third-order valence-corrected chi connectivity index (χ3v) is 4.47. The molecule has 2 aromatic heterocycles. The van der Waals surface area contributed by atoms with Crippen LogP contribution in [0, 0.1) is 0 Å². The summed E-state index contributed by atoms with van der Waals surface area (Å²) in [4.78, 5) is 15.1. The molecule has 0 radical (unpaired) electrons. The van der Waals surface area contributed by atoms with Crippen LogP contribution in [0.2, 0.25) is 0 Å². The highest BCUT2D eigenvalue weighted by atomic mass is 32.1. The topological polar surface area (TPSA) is 45.5 Å². The van der Waals surface area contributed by atoms with E-state index in [-0.39, 0.29) is 12.2 Å². The Morgan fingerprint density at radius 2 is 2.00 bits per heavy atom. The summed E-state index contributed by atoms with van der Waals surface area (Å²) < 4.78 is 43.5. The number of amides is 2. The maximum atomic E-state index is 12.8. The van der Waals surface area contributed by atoms with Gasteiger partial charge in [-0.25, -0.2) is 4.79 Å². The second-order valence-electron chi connectivity index (χ2n) is 5.58. The SMILES string of the molecule is O=C(Nc1cccc(C(F)(F)F)c1)N(Cc1ccoc1)Cc1cccs1. The number of carbonyl (C=O) groups excluding carboxylic acids is 1. The fourth-order valence-electron chi connectivity index (χ4n) is 2.37. The monoisotopic (exact) mass is 380 g/mol. The highest BCUT2D eigenvalue weighted by Gasteiger charge is 2.30. The molecular weight excluding hydrogens is 365 g/mol. The zero-order chi connectivity index (χ0) is 18.6. The van der Waals surface area contributed by atoms with E-state index in [9.17, 15) is 18.0 Å². The third-order valence-electron chi connectivity index (χ3n) is 3.61. The molecule has 4 nitrogen and oxygen atoms in total. The molecule has 2 heterocycles. The van der Waals surface area contributed by atoms with Gasteiger partial charge in [-0.15, -0.1) is 11.3 Å². The summed E-state index contributed by atoms with van der Waals surface area (Å²) in [6.45, 7) is 0.618. The molecule has 1 N–H and O–H groups in total. The van der Waals surface area contributed by atoms with Crippen LogP contribution in [0.25, 0.3) is 0 Å². The molecule has 0 aliphatic heterocycles. The first-order chi connectivity index (χ1) is 12.4. The van der Waals surface area contributed by atoms with Gasteiger partial charge in [0.15, 0.2) is 0 Å².